The van der Waals surface area contributed by atoms with E-state index >= 15 is 0 Å². The molecule has 3 rings (SSSR count). The largest absolute Gasteiger partial charge is 0.311 e. The van der Waals surface area contributed by atoms with Crippen LogP contribution in [-0.2, 0) is 0 Å². The number of aryl methyl sites for hydroxylation is 1. The summed E-state index contributed by atoms with van der Waals surface area (Å²) in [5.41, 5.74) is 2.70. The van der Waals surface area contributed by atoms with Crippen LogP contribution in [0, 0.1) is 6.92 Å². The number of nitrogens with one attached hydrogen (secondary N) is 1. The van der Waals surface area contributed by atoms with Gasteiger partial charge >= 0.3 is 0 Å². The molecule has 0 radical (unpaired) electrons. The average Bonchev–Trinajstić information content (AvgIpc) is 2.61. The van der Waals surface area contributed by atoms with E-state index in [1.165, 1.54) is 36.8 Å². The number of hydrogen-bond acceptors (Lipinski definition) is 1. The monoisotopic (exact) mass is 235 g/mol. The second kappa shape index (κ2) is 4.05. The van der Waals surface area contributed by atoms with E-state index in [0.29, 0.717) is 5.92 Å². The van der Waals surface area contributed by atoms with Crippen LogP contribution < -0.4 is 5.32 Å². The maximum Gasteiger partial charge on any atom is 0.0441 e. The Bertz CT molecular complexity index is 390. The first-order valence-electron chi connectivity index (χ1n) is 6.24. The van der Waals surface area contributed by atoms with Crippen LogP contribution in [0.5, 0.6) is 0 Å². The summed E-state index contributed by atoms with van der Waals surface area (Å²) in [6.07, 6.45) is 5.23. The molecule has 0 spiro atoms. The Kier molecular flexibility index (Phi) is 2.68. The lowest BCUT2D eigenvalue weighted by Gasteiger charge is -2.30. The van der Waals surface area contributed by atoms with Gasteiger partial charge in [-0.2, -0.15) is 0 Å². The lowest BCUT2D eigenvalue weighted by Crippen LogP contribution is -2.37. The first kappa shape index (κ1) is 10.6. The predicted octanol–water partition coefficient (Wildman–Crippen LogP) is 3.65. The normalized spacial score (nSPS) is 33.0. The summed E-state index contributed by atoms with van der Waals surface area (Å²) >= 11 is 6.32. The SMILES string of the molecule is Cc1ccc(Cl)c(C2C[C@H]3CC[C@@H](C2)N3)c1. The minimum absolute atomic E-state index is 0.672. The van der Waals surface area contributed by atoms with Gasteiger partial charge in [0.25, 0.3) is 0 Å². The highest BCUT2D eigenvalue weighted by Gasteiger charge is 2.34. The third-order valence-electron chi connectivity index (χ3n) is 4.06. The van der Waals surface area contributed by atoms with Gasteiger partial charge in [0, 0.05) is 17.1 Å². The zero-order chi connectivity index (χ0) is 11.1. The van der Waals surface area contributed by atoms with Crippen LogP contribution in [0.4, 0.5) is 0 Å². The minimum Gasteiger partial charge on any atom is -0.311 e. The summed E-state index contributed by atoms with van der Waals surface area (Å²) in [6.45, 7) is 2.15. The van der Waals surface area contributed by atoms with Crippen molar-refractivity contribution in [3.8, 4) is 0 Å². The van der Waals surface area contributed by atoms with E-state index < -0.39 is 0 Å². The first-order valence-corrected chi connectivity index (χ1v) is 6.62. The van der Waals surface area contributed by atoms with Crippen LogP contribution in [0.3, 0.4) is 0 Å². The predicted molar refractivity (Wildman–Crippen MR) is 68.1 cm³/mol. The van der Waals surface area contributed by atoms with Gasteiger partial charge in [0.2, 0.25) is 0 Å². The van der Waals surface area contributed by atoms with E-state index in [2.05, 4.69) is 30.4 Å². The molecule has 2 saturated heterocycles. The Hall–Kier alpha value is -0.530. The van der Waals surface area contributed by atoms with Gasteiger partial charge < -0.3 is 5.32 Å². The first-order chi connectivity index (χ1) is 7.72. The van der Waals surface area contributed by atoms with Crippen molar-refractivity contribution in [2.24, 2.45) is 0 Å². The van der Waals surface area contributed by atoms with Gasteiger partial charge in [0.15, 0.2) is 0 Å². The van der Waals surface area contributed by atoms with Gasteiger partial charge in [-0.25, -0.2) is 0 Å². The molecule has 0 amide bonds. The fourth-order valence-electron chi connectivity index (χ4n) is 3.29. The molecule has 1 aromatic carbocycles. The highest BCUT2D eigenvalue weighted by atomic mass is 35.5. The molecular formula is C14H18ClN. The van der Waals surface area contributed by atoms with E-state index in [4.69, 9.17) is 11.6 Å². The van der Waals surface area contributed by atoms with Crippen molar-refractivity contribution in [2.75, 3.05) is 0 Å². The number of halogens is 1. The quantitative estimate of drug-likeness (QED) is 0.784. The van der Waals surface area contributed by atoms with Gasteiger partial charge in [-0.3, -0.25) is 0 Å². The molecule has 0 aliphatic carbocycles. The van der Waals surface area contributed by atoms with E-state index in [9.17, 15) is 0 Å². The summed E-state index contributed by atoms with van der Waals surface area (Å²) in [5, 5.41) is 4.64. The van der Waals surface area contributed by atoms with Crippen LogP contribution in [0.2, 0.25) is 5.02 Å². The highest BCUT2D eigenvalue weighted by molar-refractivity contribution is 6.31. The molecule has 86 valence electrons. The molecule has 16 heavy (non-hydrogen) atoms. The topological polar surface area (TPSA) is 12.0 Å². The van der Waals surface area contributed by atoms with E-state index in [-0.39, 0.29) is 0 Å². The standard InChI is InChI=1S/C14H18ClN/c1-9-2-5-14(15)13(6-9)10-7-11-3-4-12(8-10)16-11/h2,5-6,10-12,16H,3-4,7-8H2,1H3/t10?,11-,12+. The molecule has 0 saturated carbocycles. The summed E-state index contributed by atoms with van der Waals surface area (Å²) in [5.74, 6) is 0.672. The Morgan fingerprint density at radius 1 is 1.19 bits per heavy atom. The summed E-state index contributed by atoms with van der Waals surface area (Å²) < 4.78 is 0. The molecule has 3 atom stereocenters. The van der Waals surface area contributed by atoms with Gasteiger partial charge in [-0.05, 0) is 50.2 Å². The van der Waals surface area contributed by atoms with Crippen LogP contribution in [0.25, 0.3) is 0 Å². The van der Waals surface area contributed by atoms with E-state index in [1.54, 1.807) is 0 Å². The smallest absolute Gasteiger partial charge is 0.0441 e. The lowest BCUT2D eigenvalue weighted by atomic mass is 9.85. The van der Waals surface area contributed by atoms with Gasteiger partial charge in [-0.15, -0.1) is 0 Å². The molecule has 1 nitrogen and oxygen atoms in total. The van der Waals surface area contributed by atoms with Crippen molar-refractivity contribution < 1.29 is 0 Å². The summed E-state index contributed by atoms with van der Waals surface area (Å²) in [4.78, 5) is 0. The molecule has 1 aromatic rings. The Labute approximate surface area is 102 Å². The van der Waals surface area contributed by atoms with Crippen molar-refractivity contribution in [3.05, 3.63) is 34.3 Å². The summed E-state index contributed by atoms with van der Waals surface area (Å²) in [7, 11) is 0. The molecule has 2 aliphatic heterocycles. The molecule has 2 fully saturated rings. The lowest BCUT2D eigenvalue weighted by molar-refractivity contribution is 0.363. The number of rotatable bonds is 1. The maximum atomic E-state index is 6.32. The Morgan fingerprint density at radius 2 is 1.88 bits per heavy atom. The van der Waals surface area contributed by atoms with Crippen LogP contribution in [-0.4, -0.2) is 12.1 Å². The zero-order valence-corrected chi connectivity index (χ0v) is 10.4. The zero-order valence-electron chi connectivity index (χ0n) is 9.67. The van der Waals surface area contributed by atoms with Crippen molar-refractivity contribution in [2.45, 2.75) is 50.6 Å². The number of hydrogen-bond donors (Lipinski definition) is 1. The molecule has 2 bridgehead atoms. The van der Waals surface area contributed by atoms with Gasteiger partial charge in [0.05, 0.1) is 0 Å². The van der Waals surface area contributed by atoms with Gasteiger partial charge in [-0.1, -0.05) is 29.3 Å². The third-order valence-corrected chi connectivity index (χ3v) is 4.41. The number of benzene rings is 1. The number of fused-ring (bicyclic) bond motifs is 2. The number of piperidine rings is 1. The maximum absolute atomic E-state index is 6.32. The average molecular weight is 236 g/mol. The van der Waals surface area contributed by atoms with Crippen molar-refractivity contribution >= 4 is 11.6 Å². The third kappa shape index (κ3) is 1.87. The van der Waals surface area contributed by atoms with Crippen LogP contribution in [0.1, 0.15) is 42.7 Å². The fraction of sp³-hybridized carbons (Fsp3) is 0.571. The minimum atomic E-state index is 0.672. The Balaban J connectivity index is 1.89. The van der Waals surface area contributed by atoms with Crippen molar-refractivity contribution in [1.29, 1.82) is 0 Å². The van der Waals surface area contributed by atoms with Crippen molar-refractivity contribution in [1.82, 2.24) is 5.32 Å². The van der Waals surface area contributed by atoms with Gasteiger partial charge in [0.1, 0.15) is 0 Å². The van der Waals surface area contributed by atoms with E-state index in [0.717, 1.165) is 17.1 Å². The molecule has 2 aliphatic rings. The Morgan fingerprint density at radius 3 is 2.56 bits per heavy atom. The fourth-order valence-corrected chi connectivity index (χ4v) is 3.56. The molecule has 2 heterocycles. The highest BCUT2D eigenvalue weighted by Crippen LogP contribution is 2.39. The summed E-state index contributed by atoms with van der Waals surface area (Å²) in [6, 6.07) is 7.90. The molecule has 0 aromatic heterocycles. The van der Waals surface area contributed by atoms with Crippen LogP contribution in [0.15, 0.2) is 18.2 Å². The molecular weight excluding hydrogens is 218 g/mol. The van der Waals surface area contributed by atoms with Crippen molar-refractivity contribution in [3.63, 3.8) is 0 Å². The molecule has 2 heteroatoms. The van der Waals surface area contributed by atoms with E-state index in [1.807, 2.05) is 0 Å². The molecule has 1 N–H and O–H groups in total. The second-order valence-corrected chi connectivity index (χ2v) is 5.74. The second-order valence-electron chi connectivity index (χ2n) is 5.33. The molecule has 1 unspecified atom stereocenters. The van der Waals surface area contributed by atoms with Crippen LogP contribution >= 0.6 is 11.6 Å².